The third-order valence-electron chi connectivity index (χ3n) is 8.49. The minimum Gasteiger partial charge on any atom is -0.504 e. The van der Waals surface area contributed by atoms with Gasteiger partial charge >= 0.3 is 17.9 Å². The van der Waals surface area contributed by atoms with Gasteiger partial charge in [-0.1, -0.05) is 0 Å². The average Bonchev–Trinajstić information content (AvgIpc) is 3.26. The zero-order chi connectivity index (χ0) is 34.6. The van der Waals surface area contributed by atoms with Crippen LogP contribution in [0.25, 0.3) is 0 Å². The van der Waals surface area contributed by atoms with Gasteiger partial charge in [-0.05, 0) is 24.3 Å². The summed E-state index contributed by atoms with van der Waals surface area (Å²) >= 11 is 0. The van der Waals surface area contributed by atoms with Gasteiger partial charge in [-0.25, -0.2) is 14.4 Å². The van der Waals surface area contributed by atoms with Crippen LogP contribution < -0.4 is 0 Å². The number of aliphatic hydroxyl groups excluding tert-OH is 2. The minimum atomic E-state index is -3.69. The van der Waals surface area contributed by atoms with Gasteiger partial charge in [0.05, 0.1) is 28.5 Å². The number of ether oxygens (including phenoxy) is 5. The number of aromatic hydroxyl groups is 3. The number of esters is 3. The molecule has 0 radical (unpaired) electrons. The van der Waals surface area contributed by atoms with Crippen LogP contribution in [0.15, 0.2) is 35.4 Å². The molecule has 250 valence electrons. The van der Waals surface area contributed by atoms with Crippen molar-refractivity contribution in [1.29, 1.82) is 0 Å². The molecule has 3 heterocycles. The van der Waals surface area contributed by atoms with Crippen LogP contribution in [0, 0.1) is 11.8 Å². The number of phenols is 3. The molecule has 3 aliphatic heterocycles. The Morgan fingerprint density at radius 2 is 1.38 bits per heavy atom. The number of aldehydes is 1. The highest BCUT2D eigenvalue weighted by Crippen LogP contribution is 2.66. The highest BCUT2D eigenvalue weighted by molar-refractivity contribution is 6.10. The van der Waals surface area contributed by atoms with Gasteiger partial charge in [0.1, 0.15) is 18.8 Å². The van der Waals surface area contributed by atoms with E-state index < -0.39 is 129 Å². The summed E-state index contributed by atoms with van der Waals surface area (Å²) in [5.74, 6) is -30.2. The lowest BCUT2D eigenvalue weighted by Gasteiger charge is -2.52. The van der Waals surface area contributed by atoms with Gasteiger partial charge < -0.3 is 69.7 Å². The van der Waals surface area contributed by atoms with Crippen LogP contribution in [0.1, 0.15) is 10.4 Å². The van der Waals surface area contributed by atoms with Gasteiger partial charge in [0, 0.05) is 0 Å². The molecule has 0 amide bonds. The van der Waals surface area contributed by atoms with E-state index in [0.717, 1.165) is 0 Å². The number of carbonyl (C=O) groups excluding carboxylic acids is 6. The summed E-state index contributed by atoms with van der Waals surface area (Å²) in [5.41, 5.74) is -2.65. The minimum absolute atomic E-state index is 0.236. The molecule has 1 aromatic rings. The summed E-state index contributed by atoms with van der Waals surface area (Å²) in [6.45, 7) is -1.23. The van der Waals surface area contributed by atoms with Gasteiger partial charge in [0.25, 0.3) is 11.6 Å². The Kier molecular flexibility index (Phi) is 6.91. The van der Waals surface area contributed by atoms with Crippen molar-refractivity contribution in [3.63, 3.8) is 0 Å². The van der Waals surface area contributed by atoms with Crippen LogP contribution in [0.5, 0.6) is 17.2 Å². The van der Waals surface area contributed by atoms with Gasteiger partial charge in [-0.15, -0.1) is 0 Å². The third kappa shape index (κ3) is 4.10. The summed E-state index contributed by atoms with van der Waals surface area (Å²) in [4.78, 5) is 77.6. The van der Waals surface area contributed by atoms with Crippen molar-refractivity contribution in [2.24, 2.45) is 11.8 Å². The number of cyclic esters (lactones) is 2. The van der Waals surface area contributed by atoms with Crippen LogP contribution in [0.3, 0.4) is 0 Å². The Hall–Kier alpha value is -4.80. The van der Waals surface area contributed by atoms with E-state index in [4.69, 9.17) is 23.7 Å². The van der Waals surface area contributed by atoms with Crippen molar-refractivity contribution >= 4 is 35.8 Å². The lowest BCUT2D eigenvalue weighted by atomic mass is 9.67. The predicted octanol–water partition coefficient (Wildman–Crippen LogP) is -5.22. The van der Waals surface area contributed by atoms with Crippen LogP contribution in [-0.4, -0.2) is 136 Å². The third-order valence-corrected chi connectivity index (χ3v) is 8.49. The summed E-state index contributed by atoms with van der Waals surface area (Å²) < 4.78 is 25.3. The lowest BCUT2D eigenvalue weighted by molar-refractivity contribution is -0.516. The zero-order valence-electron chi connectivity index (χ0n) is 23.1. The fourth-order valence-electron chi connectivity index (χ4n) is 6.22. The van der Waals surface area contributed by atoms with Gasteiger partial charge in [0.2, 0.25) is 23.1 Å². The Balaban J connectivity index is 1.46. The number of benzene rings is 1. The monoisotopic (exact) mass is 666 g/mol. The molecule has 20 heteroatoms. The predicted molar refractivity (Wildman–Crippen MR) is 135 cm³/mol. The highest BCUT2D eigenvalue weighted by Gasteiger charge is 2.88. The molecule has 10 atom stereocenters. The van der Waals surface area contributed by atoms with E-state index in [0.29, 0.717) is 18.2 Å². The number of phenolic OH excluding ortho intramolecular Hbond substituents is 3. The molecule has 5 aliphatic rings. The Bertz CT molecular complexity index is 1710. The first-order valence-corrected chi connectivity index (χ1v) is 13.3. The molecule has 1 aromatic carbocycles. The van der Waals surface area contributed by atoms with E-state index in [9.17, 15) is 74.7 Å². The molecule has 0 saturated carbocycles. The molecule has 0 aromatic heterocycles. The maximum atomic E-state index is 13.7. The van der Waals surface area contributed by atoms with Crippen molar-refractivity contribution in [3.05, 3.63) is 41.0 Å². The molecule has 9 N–H and O–H groups in total. The second kappa shape index (κ2) is 10.1. The molecular formula is C27H22O20. The van der Waals surface area contributed by atoms with Crippen molar-refractivity contribution in [2.75, 3.05) is 6.61 Å². The molecular weight excluding hydrogens is 644 g/mol. The quantitative estimate of drug-likeness (QED) is 0.0613. The zero-order valence-corrected chi connectivity index (χ0v) is 23.1. The fourth-order valence-corrected chi connectivity index (χ4v) is 6.22. The Morgan fingerprint density at radius 1 is 0.872 bits per heavy atom. The highest BCUT2D eigenvalue weighted by atomic mass is 16.9. The molecule has 47 heavy (non-hydrogen) atoms. The topological polar surface area (TPSA) is 331 Å². The van der Waals surface area contributed by atoms with Crippen LogP contribution in [-0.2, 0) is 47.7 Å². The van der Waals surface area contributed by atoms with Crippen molar-refractivity contribution < 1.29 is 98.4 Å². The fraction of sp³-hybridized carbons (Fsp3) is 0.407. The van der Waals surface area contributed by atoms with Gasteiger partial charge in [-0.3, -0.25) is 14.3 Å². The molecule has 6 rings (SSSR count). The van der Waals surface area contributed by atoms with E-state index in [1.165, 1.54) is 0 Å². The number of rotatable bonds is 5. The SMILES string of the molecule is O=C[C@H](O)[C@@H](OC(=O)c1cc(O)c(O)c(O)c1)[C@@H]1OC(=O)C2=CC(=O)[C@]3(O)O[C@]4(O)C(=O)C=C(C(=O)OC[C@H]1O)[C@@H]1[C@H]2[C@@]3(O)O[C@@]14O. The normalized spacial score (nSPS) is 38.7. The first-order valence-electron chi connectivity index (χ1n) is 13.3. The number of aliphatic hydroxyl groups is 6. The second-order valence-electron chi connectivity index (χ2n) is 11.2. The molecule has 0 unspecified atom stereocenters. The number of carbonyl (C=O) groups is 6. The van der Waals surface area contributed by atoms with Crippen LogP contribution >= 0.6 is 0 Å². The van der Waals surface area contributed by atoms with E-state index in [1.54, 1.807) is 0 Å². The van der Waals surface area contributed by atoms with Crippen molar-refractivity contribution in [2.45, 2.75) is 47.6 Å². The number of hydrogen-bond donors (Lipinski definition) is 9. The summed E-state index contributed by atoms with van der Waals surface area (Å²) in [6.07, 6.45) is -9.15. The largest absolute Gasteiger partial charge is 0.504 e. The van der Waals surface area contributed by atoms with Crippen molar-refractivity contribution in [3.8, 4) is 17.2 Å². The number of ketones is 2. The molecule has 2 bridgehead atoms. The maximum Gasteiger partial charge on any atom is 0.338 e. The van der Waals surface area contributed by atoms with E-state index in [2.05, 4.69) is 0 Å². The molecule has 3 saturated heterocycles. The summed E-state index contributed by atoms with van der Waals surface area (Å²) in [6, 6.07) is 1.18. The first-order chi connectivity index (χ1) is 21.8. The van der Waals surface area contributed by atoms with Gasteiger partial charge in [0.15, 0.2) is 35.7 Å². The summed E-state index contributed by atoms with van der Waals surface area (Å²) in [7, 11) is 0. The summed E-state index contributed by atoms with van der Waals surface area (Å²) in [5, 5.41) is 95.5. The maximum absolute atomic E-state index is 13.7. The van der Waals surface area contributed by atoms with Gasteiger partial charge in [-0.2, -0.15) is 0 Å². The Morgan fingerprint density at radius 3 is 1.89 bits per heavy atom. The smallest absolute Gasteiger partial charge is 0.338 e. The standard InChI is InChI=1S/C27H22O20/c28-5-12(31)19(44-21(36)7-1-10(29)18(35)11(30)2-7)20-13(32)6-43-22(37)8-3-14(33)24(39)26(41)16(8)17-9(23(38)45-20)4-15(34)25(40,46-24)27(17,42)47-26/h1-5,12-13,16-17,19-20,29-32,35,39-42H,6H2/t12-,13+,16+,17-,19+,20+,24+,25-,26-,27+/m0/s1. The molecule has 20 nitrogen and oxygen atoms in total. The second-order valence-corrected chi connectivity index (χ2v) is 11.2. The van der Waals surface area contributed by atoms with E-state index in [-0.39, 0.29) is 12.4 Å². The van der Waals surface area contributed by atoms with Crippen molar-refractivity contribution in [1.82, 2.24) is 0 Å². The lowest BCUT2D eigenvalue weighted by Crippen LogP contribution is -2.78. The number of hydrogen-bond acceptors (Lipinski definition) is 20. The van der Waals surface area contributed by atoms with Crippen LogP contribution in [0.2, 0.25) is 0 Å². The van der Waals surface area contributed by atoms with E-state index >= 15 is 0 Å². The first kappa shape index (κ1) is 32.2. The molecule has 3 fully saturated rings. The average molecular weight is 666 g/mol. The Labute approximate surface area is 258 Å². The molecule has 2 aliphatic carbocycles. The van der Waals surface area contributed by atoms with Crippen LogP contribution in [0.4, 0.5) is 0 Å². The molecule has 0 spiro atoms. The van der Waals surface area contributed by atoms with E-state index in [1.807, 2.05) is 0 Å².